The van der Waals surface area contributed by atoms with E-state index in [0.29, 0.717) is 19.6 Å². The monoisotopic (exact) mass is 230 g/mol. The predicted molar refractivity (Wildman–Crippen MR) is 60.0 cm³/mol. The van der Waals surface area contributed by atoms with Crippen LogP contribution >= 0.6 is 0 Å². The summed E-state index contributed by atoms with van der Waals surface area (Å²) in [7, 11) is 0. The highest BCUT2D eigenvalue weighted by atomic mass is 16.5. The van der Waals surface area contributed by atoms with Crippen molar-refractivity contribution in [1.82, 2.24) is 0 Å². The molecule has 0 aromatic rings. The maximum Gasteiger partial charge on any atom is 0.311 e. The van der Waals surface area contributed by atoms with Crippen molar-refractivity contribution in [2.75, 3.05) is 13.2 Å². The van der Waals surface area contributed by atoms with Gasteiger partial charge in [0.05, 0.1) is 24.7 Å². The molecule has 16 heavy (non-hydrogen) atoms. The van der Waals surface area contributed by atoms with Crippen LogP contribution in [0.3, 0.4) is 0 Å². The molecule has 3 unspecified atom stereocenters. The molecule has 0 aromatic carbocycles. The van der Waals surface area contributed by atoms with Crippen LogP contribution in [-0.4, -0.2) is 36.5 Å². The minimum absolute atomic E-state index is 0.194. The molecule has 0 bridgehead atoms. The molecule has 1 aliphatic rings. The highest BCUT2D eigenvalue weighted by Crippen LogP contribution is 2.24. The Hall–Kier alpha value is -0.610. The van der Waals surface area contributed by atoms with E-state index in [1.807, 2.05) is 6.92 Å². The van der Waals surface area contributed by atoms with Crippen molar-refractivity contribution in [3.63, 3.8) is 0 Å². The first-order chi connectivity index (χ1) is 7.70. The lowest BCUT2D eigenvalue weighted by molar-refractivity contribution is -0.156. The Morgan fingerprint density at radius 2 is 2.31 bits per heavy atom. The van der Waals surface area contributed by atoms with Gasteiger partial charge in [0.25, 0.3) is 0 Å². The second-order valence-corrected chi connectivity index (χ2v) is 4.19. The molecule has 1 saturated heterocycles. The van der Waals surface area contributed by atoms with Gasteiger partial charge >= 0.3 is 5.97 Å². The van der Waals surface area contributed by atoms with Crippen molar-refractivity contribution in [3.8, 4) is 0 Å². The standard InChI is InChI=1S/C12H22O4/c1-3-6-9(12(14)15-4-2)11(13)10-7-5-8-16-10/h9-11,13H,3-8H2,1-2H3. The van der Waals surface area contributed by atoms with Crippen molar-refractivity contribution >= 4 is 5.97 Å². The Kier molecular flexibility index (Phi) is 5.77. The molecule has 4 heteroatoms. The second kappa shape index (κ2) is 6.86. The molecule has 94 valence electrons. The van der Waals surface area contributed by atoms with Crippen LogP contribution in [0, 0.1) is 5.92 Å². The molecule has 0 radical (unpaired) electrons. The number of hydrogen-bond donors (Lipinski definition) is 1. The summed E-state index contributed by atoms with van der Waals surface area (Å²) in [5.41, 5.74) is 0. The number of aliphatic hydroxyl groups excluding tert-OH is 1. The van der Waals surface area contributed by atoms with Crippen LogP contribution in [0.4, 0.5) is 0 Å². The van der Waals surface area contributed by atoms with Crippen LogP contribution in [0.2, 0.25) is 0 Å². The van der Waals surface area contributed by atoms with Crippen LogP contribution in [0.25, 0.3) is 0 Å². The van der Waals surface area contributed by atoms with Gasteiger partial charge in [-0.05, 0) is 26.2 Å². The van der Waals surface area contributed by atoms with Gasteiger partial charge in [0, 0.05) is 6.61 Å². The molecule has 0 aliphatic carbocycles. The van der Waals surface area contributed by atoms with Crippen LogP contribution < -0.4 is 0 Å². The highest BCUT2D eigenvalue weighted by Gasteiger charge is 2.35. The fourth-order valence-corrected chi connectivity index (χ4v) is 2.12. The number of carbonyl (C=O) groups is 1. The van der Waals surface area contributed by atoms with Crippen molar-refractivity contribution in [3.05, 3.63) is 0 Å². The minimum atomic E-state index is -0.721. The van der Waals surface area contributed by atoms with E-state index in [2.05, 4.69) is 0 Å². The summed E-state index contributed by atoms with van der Waals surface area (Å²) in [5.74, 6) is -0.736. The molecule has 0 saturated carbocycles. The van der Waals surface area contributed by atoms with Crippen molar-refractivity contribution < 1.29 is 19.4 Å². The zero-order valence-electron chi connectivity index (χ0n) is 10.1. The molecule has 0 spiro atoms. The summed E-state index contributed by atoms with van der Waals surface area (Å²) in [6.45, 7) is 4.81. The SMILES string of the molecule is CCCC(C(=O)OCC)C(O)C1CCCO1. The first-order valence-electron chi connectivity index (χ1n) is 6.17. The molecule has 3 atom stereocenters. The molecular weight excluding hydrogens is 208 g/mol. The van der Waals surface area contributed by atoms with Crippen LogP contribution in [0.15, 0.2) is 0 Å². The van der Waals surface area contributed by atoms with E-state index in [4.69, 9.17) is 9.47 Å². The fourth-order valence-electron chi connectivity index (χ4n) is 2.12. The van der Waals surface area contributed by atoms with Crippen LogP contribution in [0.5, 0.6) is 0 Å². The third-order valence-electron chi connectivity index (χ3n) is 2.95. The molecule has 1 aliphatic heterocycles. The number of rotatable bonds is 6. The number of ether oxygens (including phenoxy) is 2. The van der Waals surface area contributed by atoms with E-state index in [9.17, 15) is 9.90 Å². The third-order valence-corrected chi connectivity index (χ3v) is 2.95. The Labute approximate surface area is 96.9 Å². The lowest BCUT2D eigenvalue weighted by atomic mass is 9.92. The molecule has 0 aromatic heterocycles. The number of aliphatic hydroxyl groups is 1. The lowest BCUT2D eigenvalue weighted by Gasteiger charge is -2.25. The molecule has 1 fully saturated rings. The van der Waals surface area contributed by atoms with Gasteiger partial charge in [-0.1, -0.05) is 13.3 Å². The van der Waals surface area contributed by atoms with E-state index in [0.717, 1.165) is 19.3 Å². The van der Waals surface area contributed by atoms with Crippen LogP contribution in [-0.2, 0) is 14.3 Å². The van der Waals surface area contributed by atoms with Gasteiger partial charge in [0.2, 0.25) is 0 Å². The molecule has 0 amide bonds. The van der Waals surface area contributed by atoms with Gasteiger partial charge in [-0.25, -0.2) is 0 Å². The number of esters is 1. The molecule has 1 heterocycles. The third kappa shape index (κ3) is 3.46. The second-order valence-electron chi connectivity index (χ2n) is 4.19. The quantitative estimate of drug-likeness (QED) is 0.703. The van der Waals surface area contributed by atoms with E-state index in [1.165, 1.54) is 0 Å². The van der Waals surface area contributed by atoms with Gasteiger partial charge in [0.1, 0.15) is 0 Å². The zero-order chi connectivity index (χ0) is 12.0. The van der Waals surface area contributed by atoms with E-state index in [-0.39, 0.29) is 12.1 Å². The first kappa shape index (κ1) is 13.5. The summed E-state index contributed by atoms with van der Waals surface area (Å²) in [5, 5.41) is 10.1. The minimum Gasteiger partial charge on any atom is -0.466 e. The predicted octanol–water partition coefficient (Wildman–Crippen LogP) is 1.51. The summed E-state index contributed by atoms with van der Waals surface area (Å²) < 4.78 is 10.4. The lowest BCUT2D eigenvalue weighted by Crippen LogP contribution is -2.38. The van der Waals surface area contributed by atoms with Gasteiger partial charge in [0.15, 0.2) is 0 Å². The van der Waals surface area contributed by atoms with Crippen LogP contribution in [0.1, 0.15) is 39.5 Å². The number of carbonyl (C=O) groups excluding carboxylic acids is 1. The Morgan fingerprint density at radius 1 is 1.56 bits per heavy atom. The number of hydrogen-bond acceptors (Lipinski definition) is 4. The first-order valence-corrected chi connectivity index (χ1v) is 6.17. The van der Waals surface area contributed by atoms with E-state index < -0.39 is 12.0 Å². The largest absolute Gasteiger partial charge is 0.466 e. The highest BCUT2D eigenvalue weighted by molar-refractivity contribution is 5.73. The van der Waals surface area contributed by atoms with Gasteiger partial charge in [-0.3, -0.25) is 4.79 Å². The molecule has 1 rings (SSSR count). The maximum atomic E-state index is 11.7. The van der Waals surface area contributed by atoms with Gasteiger partial charge in [-0.15, -0.1) is 0 Å². The Bertz CT molecular complexity index is 211. The smallest absolute Gasteiger partial charge is 0.311 e. The maximum absolute atomic E-state index is 11.7. The normalized spacial score (nSPS) is 24.1. The van der Waals surface area contributed by atoms with Crippen molar-refractivity contribution in [1.29, 1.82) is 0 Å². The summed E-state index contributed by atoms with van der Waals surface area (Å²) in [4.78, 5) is 11.7. The molecular formula is C12H22O4. The topological polar surface area (TPSA) is 55.8 Å². The Balaban J connectivity index is 2.56. The van der Waals surface area contributed by atoms with Crippen molar-refractivity contribution in [2.45, 2.75) is 51.7 Å². The molecule has 4 nitrogen and oxygen atoms in total. The molecule has 1 N–H and O–H groups in total. The van der Waals surface area contributed by atoms with Gasteiger partial charge in [-0.2, -0.15) is 0 Å². The summed E-state index contributed by atoms with van der Waals surface area (Å²) in [6, 6.07) is 0. The van der Waals surface area contributed by atoms with E-state index >= 15 is 0 Å². The Morgan fingerprint density at radius 3 is 2.81 bits per heavy atom. The van der Waals surface area contributed by atoms with Gasteiger partial charge < -0.3 is 14.6 Å². The summed E-state index contributed by atoms with van der Waals surface area (Å²) in [6.07, 6.45) is 2.39. The average molecular weight is 230 g/mol. The van der Waals surface area contributed by atoms with E-state index in [1.54, 1.807) is 6.92 Å². The van der Waals surface area contributed by atoms with Crippen molar-refractivity contribution in [2.24, 2.45) is 5.92 Å². The average Bonchev–Trinajstić information content (AvgIpc) is 2.78. The zero-order valence-corrected chi connectivity index (χ0v) is 10.1. The fraction of sp³-hybridized carbons (Fsp3) is 0.917. The summed E-state index contributed by atoms with van der Waals surface area (Å²) >= 11 is 0.